The van der Waals surface area contributed by atoms with Crippen molar-refractivity contribution in [3.8, 4) is 0 Å². The molecule has 0 radical (unpaired) electrons. The number of allylic oxidation sites excluding steroid dienone is 2. The molecule has 1 aromatic carbocycles. The number of fused-ring (bicyclic) bond motifs is 1. The third kappa shape index (κ3) is 2.75. The van der Waals surface area contributed by atoms with Crippen molar-refractivity contribution in [2.75, 3.05) is 0 Å². The molecule has 0 aliphatic heterocycles. The summed E-state index contributed by atoms with van der Waals surface area (Å²) in [7, 11) is 0. The highest BCUT2D eigenvalue weighted by Gasteiger charge is 2.13. The van der Waals surface area contributed by atoms with Gasteiger partial charge < -0.3 is 0 Å². The summed E-state index contributed by atoms with van der Waals surface area (Å²) in [4.78, 5) is 0. The molecule has 0 heterocycles. The molecule has 0 amide bonds. The molecule has 0 spiro atoms. The van der Waals surface area contributed by atoms with E-state index in [2.05, 4.69) is 38.1 Å². The molecule has 0 saturated heterocycles. The average molecular weight is 216 g/mol. The van der Waals surface area contributed by atoms with Gasteiger partial charge in [-0.25, -0.2) is 0 Å². The molecule has 0 N–H and O–H groups in total. The van der Waals surface area contributed by atoms with Crippen LogP contribution in [0.4, 0.5) is 0 Å². The summed E-state index contributed by atoms with van der Waals surface area (Å²) in [5.74, 6) is 0. The fraction of sp³-hybridized carbons (Fsp3) is 0.500. The van der Waals surface area contributed by atoms with E-state index in [0.29, 0.717) is 0 Å². The van der Waals surface area contributed by atoms with Crippen LogP contribution >= 0.6 is 0 Å². The third-order valence-corrected chi connectivity index (χ3v) is 3.20. The standard InChI is InChI=1S/C14H18.C2H6/c1-3-6-12-9-10-13-7-4-5-8-14(13)11(12)2;1-2/h4-5,7-8H,3,6,9-10H2,1-2H3;1-2H3. The maximum atomic E-state index is 2.28. The minimum Gasteiger partial charge on any atom is -0.0683 e. The molecule has 0 nitrogen and oxygen atoms in total. The summed E-state index contributed by atoms with van der Waals surface area (Å²) in [5, 5.41) is 0. The highest BCUT2D eigenvalue weighted by Crippen LogP contribution is 2.32. The van der Waals surface area contributed by atoms with Gasteiger partial charge in [0.2, 0.25) is 0 Å². The third-order valence-electron chi connectivity index (χ3n) is 3.20. The summed E-state index contributed by atoms with van der Waals surface area (Å²) >= 11 is 0. The first-order valence-corrected chi connectivity index (χ1v) is 6.60. The predicted molar refractivity (Wildman–Crippen MR) is 73.6 cm³/mol. The van der Waals surface area contributed by atoms with Crippen molar-refractivity contribution < 1.29 is 0 Å². The molecule has 0 heteroatoms. The molecule has 0 saturated carbocycles. The summed E-state index contributed by atoms with van der Waals surface area (Å²) in [6.45, 7) is 8.55. The molecule has 1 aromatic rings. The number of rotatable bonds is 2. The van der Waals surface area contributed by atoms with Gasteiger partial charge in [0.05, 0.1) is 0 Å². The van der Waals surface area contributed by atoms with Gasteiger partial charge in [-0.2, -0.15) is 0 Å². The SMILES string of the molecule is CC.CCCC1=C(C)c2ccccc2CC1. The zero-order valence-corrected chi connectivity index (χ0v) is 11.1. The van der Waals surface area contributed by atoms with Crippen molar-refractivity contribution in [1.82, 2.24) is 0 Å². The minimum absolute atomic E-state index is 1.24. The van der Waals surface area contributed by atoms with Crippen molar-refractivity contribution in [1.29, 1.82) is 0 Å². The topological polar surface area (TPSA) is 0 Å². The van der Waals surface area contributed by atoms with Gasteiger partial charge in [-0.05, 0) is 42.9 Å². The lowest BCUT2D eigenvalue weighted by molar-refractivity contribution is 0.806. The van der Waals surface area contributed by atoms with Crippen LogP contribution in [0, 0.1) is 0 Å². The Kier molecular flexibility index (Phi) is 5.31. The molecule has 0 atom stereocenters. The van der Waals surface area contributed by atoms with Gasteiger partial charge in [0.15, 0.2) is 0 Å². The van der Waals surface area contributed by atoms with Gasteiger partial charge >= 0.3 is 0 Å². The fourth-order valence-corrected chi connectivity index (χ4v) is 2.38. The summed E-state index contributed by atoms with van der Waals surface area (Å²) in [6.07, 6.45) is 5.06. The molecule has 16 heavy (non-hydrogen) atoms. The van der Waals surface area contributed by atoms with E-state index in [9.17, 15) is 0 Å². The van der Waals surface area contributed by atoms with Crippen LogP contribution in [0.1, 0.15) is 58.1 Å². The molecule has 88 valence electrons. The van der Waals surface area contributed by atoms with E-state index in [1.807, 2.05) is 13.8 Å². The van der Waals surface area contributed by atoms with Gasteiger partial charge in [0.25, 0.3) is 0 Å². The zero-order chi connectivity index (χ0) is 12.0. The van der Waals surface area contributed by atoms with Crippen molar-refractivity contribution in [2.45, 2.75) is 53.4 Å². The van der Waals surface area contributed by atoms with Crippen molar-refractivity contribution >= 4 is 5.57 Å². The Morgan fingerprint density at radius 2 is 1.75 bits per heavy atom. The number of hydrogen-bond acceptors (Lipinski definition) is 0. The normalized spacial score (nSPS) is 14.0. The van der Waals surface area contributed by atoms with Crippen molar-refractivity contribution in [3.63, 3.8) is 0 Å². The van der Waals surface area contributed by atoms with E-state index >= 15 is 0 Å². The van der Waals surface area contributed by atoms with Gasteiger partial charge in [0, 0.05) is 0 Å². The molecule has 2 rings (SSSR count). The average Bonchev–Trinajstić information content (AvgIpc) is 2.36. The molecule has 0 fully saturated rings. The van der Waals surface area contributed by atoms with Gasteiger partial charge in [-0.1, -0.05) is 57.0 Å². The Morgan fingerprint density at radius 3 is 2.44 bits per heavy atom. The van der Waals surface area contributed by atoms with E-state index in [1.165, 1.54) is 42.4 Å². The maximum absolute atomic E-state index is 2.28. The van der Waals surface area contributed by atoms with E-state index in [0.717, 1.165) is 0 Å². The first-order chi connectivity index (χ1) is 7.83. The lowest BCUT2D eigenvalue weighted by Crippen LogP contribution is -2.03. The highest BCUT2D eigenvalue weighted by atomic mass is 14.2. The summed E-state index contributed by atoms with van der Waals surface area (Å²) in [5.41, 5.74) is 6.23. The molecule has 1 aliphatic carbocycles. The largest absolute Gasteiger partial charge is 0.0683 e. The van der Waals surface area contributed by atoms with Crippen LogP contribution in [0.25, 0.3) is 5.57 Å². The van der Waals surface area contributed by atoms with E-state index in [1.54, 1.807) is 5.57 Å². The second kappa shape index (κ2) is 6.52. The molecule has 0 unspecified atom stereocenters. The molecular formula is C16H24. The van der Waals surface area contributed by atoms with Gasteiger partial charge in [0.1, 0.15) is 0 Å². The zero-order valence-electron chi connectivity index (χ0n) is 11.1. The monoisotopic (exact) mass is 216 g/mol. The van der Waals surface area contributed by atoms with E-state index in [4.69, 9.17) is 0 Å². The van der Waals surface area contributed by atoms with Crippen LogP contribution in [-0.4, -0.2) is 0 Å². The highest BCUT2D eigenvalue weighted by molar-refractivity contribution is 5.71. The number of hydrogen-bond donors (Lipinski definition) is 0. The fourth-order valence-electron chi connectivity index (χ4n) is 2.38. The number of aryl methyl sites for hydroxylation is 1. The smallest absolute Gasteiger partial charge is 0.0196 e. The maximum Gasteiger partial charge on any atom is -0.0196 e. The van der Waals surface area contributed by atoms with Crippen LogP contribution in [0.2, 0.25) is 0 Å². The van der Waals surface area contributed by atoms with E-state index in [-0.39, 0.29) is 0 Å². The minimum atomic E-state index is 1.24. The molecular weight excluding hydrogens is 192 g/mol. The Hall–Kier alpha value is -1.04. The van der Waals surface area contributed by atoms with Crippen LogP contribution in [0.5, 0.6) is 0 Å². The summed E-state index contributed by atoms with van der Waals surface area (Å²) < 4.78 is 0. The Morgan fingerprint density at radius 1 is 1.06 bits per heavy atom. The van der Waals surface area contributed by atoms with Crippen LogP contribution < -0.4 is 0 Å². The molecule has 0 bridgehead atoms. The number of benzene rings is 1. The Balaban J connectivity index is 0.000000606. The van der Waals surface area contributed by atoms with Gasteiger partial charge in [-0.15, -0.1) is 0 Å². The first kappa shape index (κ1) is 13.0. The van der Waals surface area contributed by atoms with E-state index < -0.39 is 0 Å². The van der Waals surface area contributed by atoms with Crippen LogP contribution in [0.15, 0.2) is 29.8 Å². The second-order valence-electron chi connectivity index (χ2n) is 4.14. The predicted octanol–water partition coefficient (Wildman–Crippen LogP) is 5.23. The van der Waals surface area contributed by atoms with Crippen molar-refractivity contribution in [2.24, 2.45) is 0 Å². The Bertz CT molecular complexity index is 358. The van der Waals surface area contributed by atoms with Gasteiger partial charge in [-0.3, -0.25) is 0 Å². The van der Waals surface area contributed by atoms with Crippen molar-refractivity contribution in [3.05, 3.63) is 41.0 Å². The Labute approximate surface area is 100 Å². The van der Waals surface area contributed by atoms with Crippen LogP contribution in [0.3, 0.4) is 0 Å². The lowest BCUT2D eigenvalue weighted by atomic mass is 9.85. The molecule has 1 aliphatic rings. The first-order valence-electron chi connectivity index (χ1n) is 6.60. The molecule has 0 aromatic heterocycles. The van der Waals surface area contributed by atoms with Crippen LogP contribution in [-0.2, 0) is 6.42 Å². The quantitative estimate of drug-likeness (QED) is 0.634. The lowest BCUT2D eigenvalue weighted by Gasteiger charge is -2.20. The second-order valence-corrected chi connectivity index (χ2v) is 4.14. The summed E-state index contributed by atoms with van der Waals surface area (Å²) in [6, 6.07) is 8.83.